The third-order valence-electron chi connectivity index (χ3n) is 4.02. The molecule has 1 heterocycles. The number of nitrogen functional groups attached to an aromatic ring is 1. The van der Waals surface area contributed by atoms with Crippen LogP contribution in [0.15, 0.2) is 21.0 Å². The van der Waals surface area contributed by atoms with Crippen molar-refractivity contribution in [2.24, 2.45) is 5.92 Å². The Morgan fingerprint density at radius 2 is 2.05 bits per heavy atom. The molecule has 0 radical (unpaired) electrons. The van der Waals surface area contributed by atoms with Crippen LogP contribution in [0.2, 0.25) is 0 Å². The average Bonchev–Trinajstić information content (AvgIpc) is 2.81. The summed E-state index contributed by atoms with van der Waals surface area (Å²) in [6.07, 6.45) is 9.03. The Morgan fingerprint density at radius 3 is 2.84 bits per heavy atom. The van der Waals surface area contributed by atoms with E-state index in [1.54, 1.807) is 0 Å². The maximum atomic E-state index is 5.95. The molecule has 0 saturated heterocycles. The third-order valence-corrected chi connectivity index (χ3v) is 4.48. The van der Waals surface area contributed by atoms with Crippen molar-refractivity contribution < 1.29 is 4.42 Å². The van der Waals surface area contributed by atoms with Gasteiger partial charge in [0, 0.05) is 10.9 Å². The summed E-state index contributed by atoms with van der Waals surface area (Å²) in [5.41, 5.74) is 8.18. The van der Waals surface area contributed by atoms with Gasteiger partial charge in [0.2, 0.25) is 0 Å². The molecule has 102 valence electrons. The van der Waals surface area contributed by atoms with Crippen molar-refractivity contribution in [3.8, 4) is 0 Å². The minimum atomic E-state index is 0.654. The van der Waals surface area contributed by atoms with Crippen molar-refractivity contribution in [2.45, 2.75) is 44.9 Å². The molecule has 19 heavy (non-hydrogen) atoms. The number of hydrogen-bond donors (Lipinski definition) is 1. The fourth-order valence-electron chi connectivity index (χ4n) is 2.98. The van der Waals surface area contributed by atoms with E-state index < -0.39 is 0 Å². The summed E-state index contributed by atoms with van der Waals surface area (Å²) in [5.74, 6) is 1.68. The molecule has 4 heteroatoms. The molecular weight excluding hydrogens is 304 g/mol. The van der Waals surface area contributed by atoms with E-state index in [1.807, 2.05) is 12.1 Å². The van der Waals surface area contributed by atoms with Crippen LogP contribution in [0.4, 0.5) is 5.69 Å². The number of aromatic nitrogens is 1. The van der Waals surface area contributed by atoms with Gasteiger partial charge < -0.3 is 10.2 Å². The minimum Gasteiger partial charge on any atom is -0.439 e. The van der Waals surface area contributed by atoms with Crippen LogP contribution < -0.4 is 5.73 Å². The van der Waals surface area contributed by atoms with Gasteiger partial charge in [-0.2, -0.15) is 0 Å². The van der Waals surface area contributed by atoms with Crippen molar-refractivity contribution in [2.75, 3.05) is 5.73 Å². The number of anilines is 1. The van der Waals surface area contributed by atoms with Crippen LogP contribution in [0.25, 0.3) is 11.1 Å². The molecule has 0 atom stereocenters. The maximum absolute atomic E-state index is 5.95. The van der Waals surface area contributed by atoms with Gasteiger partial charge in [-0.15, -0.1) is 0 Å². The number of fused-ring (bicyclic) bond motifs is 1. The number of nitrogens with zero attached hydrogens (tertiary/aromatic N) is 1. The summed E-state index contributed by atoms with van der Waals surface area (Å²) in [7, 11) is 0. The van der Waals surface area contributed by atoms with Crippen molar-refractivity contribution in [3.63, 3.8) is 0 Å². The molecule has 1 aromatic heterocycles. The fourth-order valence-corrected chi connectivity index (χ4v) is 3.44. The summed E-state index contributed by atoms with van der Waals surface area (Å²) in [5, 5.41) is 0. The number of aryl methyl sites for hydroxylation is 1. The molecule has 1 aliphatic rings. The van der Waals surface area contributed by atoms with Gasteiger partial charge in [0.05, 0.1) is 5.69 Å². The van der Waals surface area contributed by atoms with E-state index in [0.717, 1.165) is 33.8 Å². The Bertz CT molecular complexity index is 573. The van der Waals surface area contributed by atoms with Crippen LogP contribution in [0.1, 0.15) is 44.4 Å². The van der Waals surface area contributed by atoms with Crippen LogP contribution in [0.3, 0.4) is 0 Å². The average molecular weight is 323 g/mol. The fraction of sp³-hybridized carbons (Fsp3) is 0.533. The van der Waals surface area contributed by atoms with Crippen LogP contribution in [0.5, 0.6) is 0 Å². The second-order valence-corrected chi connectivity index (χ2v) is 6.41. The van der Waals surface area contributed by atoms with Crippen molar-refractivity contribution in [3.05, 3.63) is 22.5 Å². The largest absolute Gasteiger partial charge is 0.439 e. The summed E-state index contributed by atoms with van der Waals surface area (Å²) in [6.45, 7) is 0. The topological polar surface area (TPSA) is 52.0 Å². The van der Waals surface area contributed by atoms with E-state index >= 15 is 0 Å². The number of oxazole rings is 1. The Labute approximate surface area is 121 Å². The Morgan fingerprint density at radius 1 is 1.26 bits per heavy atom. The van der Waals surface area contributed by atoms with Gasteiger partial charge in [-0.1, -0.05) is 48.0 Å². The molecular formula is C15H19BrN2O. The Balaban J connectivity index is 1.72. The number of hydrogen-bond acceptors (Lipinski definition) is 3. The first kappa shape index (κ1) is 13.0. The highest BCUT2D eigenvalue weighted by Gasteiger charge is 2.15. The first-order valence-electron chi connectivity index (χ1n) is 7.07. The van der Waals surface area contributed by atoms with Crippen LogP contribution in [0, 0.1) is 5.92 Å². The first-order valence-corrected chi connectivity index (χ1v) is 7.86. The van der Waals surface area contributed by atoms with E-state index in [4.69, 9.17) is 10.2 Å². The van der Waals surface area contributed by atoms with Gasteiger partial charge >= 0.3 is 0 Å². The predicted octanol–water partition coefficient (Wildman–Crippen LogP) is 4.69. The van der Waals surface area contributed by atoms with E-state index in [1.165, 1.54) is 38.5 Å². The lowest BCUT2D eigenvalue weighted by Gasteiger charge is -2.20. The van der Waals surface area contributed by atoms with Gasteiger partial charge in [0.25, 0.3) is 0 Å². The molecule has 3 rings (SSSR count). The van der Waals surface area contributed by atoms with Gasteiger partial charge in [0.1, 0.15) is 5.52 Å². The van der Waals surface area contributed by atoms with E-state index in [-0.39, 0.29) is 0 Å². The second-order valence-electron chi connectivity index (χ2n) is 5.49. The number of nitrogens with two attached hydrogens (primary N) is 1. The highest BCUT2D eigenvalue weighted by atomic mass is 79.9. The molecule has 1 aliphatic carbocycles. The normalized spacial score (nSPS) is 17.1. The molecule has 0 bridgehead atoms. The first-order chi connectivity index (χ1) is 9.22. The SMILES string of the molecule is Nc1cc(Br)cc2nc(CCC3CCCCC3)oc12. The zero-order valence-corrected chi connectivity index (χ0v) is 12.6. The lowest BCUT2D eigenvalue weighted by Crippen LogP contribution is -2.07. The van der Waals surface area contributed by atoms with Gasteiger partial charge in [-0.05, 0) is 24.5 Å². The molecule has 0 unspecified atom stereocenters. The number of benzene rings is 1. The third kappa shape index (κ3) is 2.94. The zero-order valence-electron chi connectivity index (χ0n) is 11.0. The van der Waals surface area contributed by atoms with Crippen molar-refractivity contribution >= 4 is 32.7 Å². The molecule has 0 aliphatic heterocycles. The highest BCUT2D eigenvalue weighted by Crippen LogP contribution is 2.30. The van der Waals surface area contributed by atoms with Crippen LogP contribution in [-0.4, -0.2) is 4.98 Å². The molecule has 0 amide bonds. The summed E-state index contributed by atoms with van der Waals surface area (Å²) in [4.78, 5) is 4.54. The lowest BCUT2D eigenvalue weighted by molar-refractivity contribution is 0.330. The molecule has 1 aromatic carbocycles. The van der Waals surface area contributed by atoms with E-state index in [9.17, 15) is 0 Å². The summed E-state index contributed by atoms with van der Waals surface area (Å²) >= 11 is 3.43. The zero-order chi connectivity index (χ0) is 13.2. The van der Waals surface area contributed by atoms with E-state index in [0.29, 0.717) is 5.69 Å². The van der Waals surface area contributed by atoms with Crippen molar-refractivity contribution in [1.82, 2.24) is 4.98 Å². The maximum Gasteiger partial charge on any atom is 0.195 e. The molecule has 1 saturated carbocycles. The predicted molar refractivity (Wildman–Crippen MR) is 81.0 cm³/mol. The molecule has 2 aromatic rings. The minimum absolute atomic E-state index is 0.654. The summed E-state index contributed by atoms with van der Waals surface area (Å²) < 4.78 is 6.74. The standard InChI is InChI=1S/C15H19BrN2O/c16-11-8-12(17)15-13(9-11)18-14(19-15)7-6-10-4-2-1-3-5-10/h8-10H,1-7,17H2. The van der Waals surface area contributed by atoms with Gasteiger partial charge in [-0.3, -0.25) is 0 Å². The Kier molecular flexibility index (Phi) is 3.78. The quantitative estimate of drug-likeness (QED) is 0.834. The molecule has 1 fully saturated rings. The highest BCUT2D eigenvalue weighted by molar-refractivity contribution is 9.10. The monoisotopic (exact) mass is 322 g/mol. The van der Waals surface area contributed by atoms with Crippen molar-refractivity contribution in [1.29, 1.82) is 0 Å². The van der Waals surface area contributed by atoms with Gasteiger partial charge in [0.15, 0.2) is 11.5 Å². The Hall–Kier alpha value is -1.03. The molecule has 3 nitrogen and oxygen atoms in total. The summed E-state index contributed by atoms with van der Waals surface area (Å²) in [6, 6.07) is 3.82. The molecule has 2 N–H and O–H groups in total. The number of rotatable bonds is 3. The van der Waals surface area contributed by atoms with Crippen LogP contribution in [-0.2, 0) is 6.42 Å². The number of halogens is 1. The van der Waals surface area contributed by atoms with E-state index in [2.05, 4.69) is 20.9 Å². The molecule has 0 spiro atoms. The lowest BCUT2D eigenvalue weighted by atomic mass is 9.86. The smallest absolute Gasteiger partial charge is 0.195 e. The van der Waals surface area contributed by atoms with Gasteiger partial charge in [-0.25, -0.2) is 4.98 Å². The van der Waals surface area contributed by atoms with Crippen LogP contribution >= 0.6 is 15.9 Å². The second kappa shape index (κ2) is 5.53.